The molecule has 0 heterocycles. The van der Waals surface area contributed by atoms with Gasteiger partial charge in [0.15, 0.2) is 6.04 Å². The molecule has 0 saturated heterocycles. The largest absolute Gasteiger partial charge is 0.480 e. The van der Waals surface area contributed by atoms with Gasteiger partial charge in [-0.2, -0.15) is 0 Å². The highest BCUT2D eigenvalue weighted by Gasteiger charge is 2.19. The lowest BCUT2D eigenvalue weighted by Crippen LogP contribution is -2.42. The van der Waals surface area contributed by atoms with Gasteiger partial charge in [0.1, 0.15) is 6.67 Å². The van der Waals surface area contributed by atoms with Crippen molar-refractivity contribution in [3.05, 3.63) is 35.9 Å². The second-order valence-electron chi connectivity index (χ2n) is 3.28. The first-order chi connectivity index (χ1) is 7.63. The van der Waals surface area contributed by atoms with Crippen LogP contribution >= 0.6 is 0 Å². The molecule has 1 aromatic rings. The van der Waals surface area contributed by atoms with Gasteiger partial charge in [-0.25, -0.2) is 9.18 Å². The topological polar surface area (TPSA) is 66.4 Å². The summed E-state index contributed by atoms with van der Waals surface area (Å²) >= 11 is 0. The van der Waals surface area contributed by atoms with Gasteiger partial charge in [0.05, 0.1) is 6.42 Å². The first kappa shape index (κ1) is 12.2. The lowest BCUT2D eigenvalue weighted by Gasteiger charge is -2.10. The second kappa shape index (κ2) is 5.85. The van der Waals surface area contributed by atoms with Crippen LogP contribution in [0.1, 0.15) is 5.56 Å². The molecule has 1 rings (SSSR count). The summed E-state index contributed by atoms with van der Waals surface area (Å²) in [7, 11) is 0. The van der Waals surface area contributed by atoms with Crippen LogP contribution in [0.15, 0.2) is 30.3 Å². The lowest BCUT2D eigenvalue weighted by atomic mass is 10.1. The molecule has 0 radical (unpaired) electrons. The molecule has 0 spiro atoms. The van der Waals surface area contributed by atoms with Gasteiger partial charge in [-0.05, 0) is 5.56 Å². The molecular weight excluding hydrogens is 213 g/mol. The van der Waals surface area contributed by atoms with Gasteiger partial charge in [-0.1, -0.05) is 30.3 Å². The molecule has 2 N–H and O–H groups in total. The zero-order valence-electron chi connectivity index (χ0n) is 8.52. The van der Waals surface area contributed by atoms with Crippen molar-refractivity contribution in [1.29, 1.82) is 0 Å². The molecular formula is C11H12FNO3. The number of aliphatic carboxylic acids is 1. The van der Waals surface area contributed by atoms with E-state index in [4.69, 9.17) is 5.11 Å². The summed E-state index contributed by atoms with van der Waals surface area (Å²) < 4.78 is 12.2. The molecule has 1 unspecified atom stereocenters. The summed E-state index contributed by atoms with van der Waals surface area (Å²) in [5, 5.41) is 10.6. The fraction of sp³-hybridized carbons (Fsp3) is 0.273. The van der Waals surface area contributed by atoms with E-state index < -0.39 is 24.6 Å². The van der Waals surface area contributed by atoms with Crippen LogP contribution in [0.5, 0.6) is 0 Å². The van der Waals surface area contributed by atoms with E-state index in [9.17, 15) is 14.0 Å². The monoisotopic (exact) mass is 225 g/mol. The molecule has 0 aromatic heterocycles. The molecule has 1 aromatic carbocycles. The number of halogens is 1. The Morgan fingerprint density at radius 2 is 1.94 bits per heavy atom. The highest BCUT2D eigenvalue weighted by Crippen LogP contribution is 1.99. The van der Waals surface area contributed by atoms with Crippen LogP contribution in [0, 0.1) is 0 Å². The Morgan fingerprint density at radius 1 is 1.31 bits per heavy atom. The third kappa shape index (κ3) is 3.68. The predicted molar refractivity (Wildman–Crippen MR) is 55.7 cm³/mol. The highest BCUT2D eigenvalue weighted by molar-refractivity contribution is 5.84. The molecule has 0 aliphatic heterocycles. The Labute approximate surface area is 92.1 Å². The predicted octanol–water partition coefficient (Wildman–Crippen LogP) is 0.768. The van der Waals surface area contributed by atoms with Crippen molar-refractivity contribution < 1.29 is 19.1 Å². The number of nitrogens with one attached hydrogen (secondary N) is 1. The van der Waals surface area contributed by atoms with Crippen LogP contribution in [0.4, 0.5) is 4.39 Å². The third-order valence-electron chi connectivity index (χ3n) is 2.00. The maximum absolute atomic E-state index is 12.2. The average molecular weight is 225 g/mol. The molecule has 4 nitrogen and oxygen atoms in total. The molecule has 1 amide bonds. The number of hydrogen-bond donors (Lipinski definition) is 2. The van der Waals surface area contributed by atoms with Crippen LogP contribution < -0.4 is 5.32 Å². The van der Waals surface area contributed by atoms with Crippen molar-refractivity contribution in [1.82, 2.24) is 5.32 Å². The summed E-state index contributed by atoms with van der Waals surface area (Å²) in [4.78, 5) is 21.8. The minimum atomic E-state index is -1.46. The maximum Gasteiger partial charge on any atom is 0.328 e. The van der Waals surface area contributed by atoms with Crippen molar-refractivity contribution >= 4 is 11.9 Å². The normalized spacial score (nSPS) is 11.8. The molecule has 0 aliphatic carbocycles. The molecule has 1 atom stereocenters. The van der Waals surface area contributed by atoms with Crippen LogP contribution in [-0.2, 0) is 16.0 Å². The Kier molecular flexibility index (Phi) is 4.44. The van der Waals surface area contributed by atoms with Crippen molar-refractivity contribution in [2.75, 3.05) is 6.67 Å². The van der Waals surface area contributed by atoms with Gasteiger partial charge in [0.2, 0.25) is 5.91 Å². The van der Waals surface area contributed by atoms with Crippen LogP contribution in [-0.4, -0.2) is 29.7 Å². The van der Waals surface area contributed by atoms with Crippen molar-refractivity contribution in [2.45, 2.75) is 12.5 Å². The Balaban J connectivity index is 2.50. The van der Waals surface area contributed by atoms with Gasteiger partial charge in [0, 0.05) is 0 Å². The number of benzene rings is 1. The maximum atomic E-state index is 12.2. The molecule has 0 fully saturated rings. The van der Waals surface area contributed by atoms with Crippen LogP contribution in [0.25, 0.3) is 0 Å². The minimum Gasteiger partial charge on any atom is -0.480 e. The molecule has 0 saturated carbocycles. The van der Waals surface area contributed by atoms with Gasteiger partial charge >= 0.3 is 5.97 Å². The summed E-state index contributed by atoms with van der Waals surface area (Å²) in [6.07, 6.45) is 0.0462. The van der Waals surface area contributed by atoms with Gasteiger partial charge < -0.3 is 10.4 Å². The van der Waals surface area contributed by atoms with Crippen molar-refractivity contribution in [2.24, 2.45) is 0 Å². The molecule has 16 heavy (non-hydrogen) atoms. The van der Waals surface area contributed by atoms with Crippen molar-refractivity contribution in [3.63, 3.8) is 0 Å². The van der Waals surface area contributed by atoms with Gasteiger partial charge in [-0.15, -0.1) is 0 Å². The number of carboxylic acid groups (broad SMARTS) is 1. The van der Waals surface area contributed by atoms with Crippen LogP contribution in [0.3, 0.4) is 0 Å². The zero-order valence-corrected chi connectivity index (χ0v) is 8.52. The SMILES string of the molecule is O=C(Cc1ccccc1)NC(CF)C(=O)O. The number of rotatable bonds is 5. The Morgan fingerprint density at radius 3 is 2.44 bits per heavy atom. The van der Waals surface area contributed by atoms with E-state index in [2.05, 4.69) is 5.32 Å². The van der Waals surface area contributed by atoms with E-state index >= 15 is 0 Å². The molecule has 0 bridgehead atoms. The van der Waals surface area contributed by atoms with E-state index in [-0.39, 0.29) is 6.42 Å². The van der Waals surface area contributed by atoms with E-state index in [1.165, 1.54) is 0 Å². The molecule has 0 aliphatic rings. The van der Waals surface area contributed by atoms with E-state index in [1.807, 2.05) is 6.07 Å². The van der Waals surface area contributed by atoms with Gasteiger partial charge in [0.25, 0.3) is 0 Å². The number of carbonyl (C=O) groups is 2. The Bertz CT molecular complexity index is 367. The van der Waals surface area contributed by atoms with E-state index in [1.54, 1.807) is 24.3 Å². The number of carbonyl (C=O) groups excluding carboxylic acids is 1. The summed E-state index contributed by atoms with van der Waals surface area (Å²) in [6.45, 7) is -1.12. The molecule has 86 valence electrons. The fourth-order valence-corrected chi connectivity index (χ4v) is 1.19. The Hall–Kier alpha value is -1.91. The fourth-order valence-electron chi connectivity index (χ4n) is 1.19. The number of carboxylic acids is 1. The van der Waals surface area contributed by atoms with Gasteiger partial charge in [-0.3, -0.25) is 4.79 Å². The lowest BCUT2D eigenvalue weighted by molar-refractivity contribution is -0.142. The summed E-state index contributed by atoms with van der Waals surface area (Å²) in [6, 6.07) is 7.37. The second-order valence-corrected chi connectivity index (χ2v) is 3.28. The highest BCUT2D eigenvalue weighted by atomic mass is 19.1. The molecule has 5 heteroatoms. The van der Waals surface area contributed by atoms with Crippen molar-refractivity contribution in [3.8, 4) is 0 Å². The quantitative estimate of drug-likeness (QED) is 0.777. The first-order valence-electron chi connectivity index (χ1n) is 4.75. The number of hydrogen-bond acceptors (Lipinski definition) is 2. The minimum absolute atomic E-state index is 0.0462. The average Bonchev–Trinajstić information content (AvgIpc) is 2.27. The van der Waals surface area contributed by atoms with E-state index in [0.717, 1.165) is 5.56 Å². The number of amides is 1. The first-order valence-corrected chi connectivity index (χ1v) is 4.75. The zero-order chi connectivity index (χ0) is 12.0. The third-order valence-corrected chi connectivity index (χ3v) is 2.00. The van der Waals surface area contributed by atoms with E-state index in [0.29, 0.717) is 0 Å². The smallest absolute Gasteiger partial charge is 0.328 e. The summed E-state index contributed by atoms with van der Waals surface area (Å²) in [5.74, 6) is -1.87. The van der Waals surface area contributed by atoms with Crippen LogP contribution in [0.2, 0.25) is 0 Å². The standard InChI is InChI=1S/C11H12FNO3/c12-7-9(11(15)16)13-10(14)6-8-4-2-1-3-5-8/h1-5,9H,6-7H2,(H,13,14)(H,15,16). The summed E-state index contributed by atoms with van der Waals surface area (Å²) in [5.41, 5.74) is 0.753. The number of alkyl halides is 1.